The molecule has 2 nitrogen and oxygen atoms in total. The number of nitrogens with zero attached hydrogens (tertiary/aromatic N) is 1. The van der Waals surface area contributed by atoms with E-state index in [0.29, 0.717) is 0 Å². The third-order valence-corrected chi connectivity index (χ3v) is 3.33. The molecule has 2 rings (SSSR count). The van der Waals surface area contributed by atoms with Gasteiger partial charge >= 0.3 is 0 Å². The molecule has 0 amide bonds. The number of rotatable bonds is 3. The van der Waals surface area contributed by atoms with Gasteiger partial charge in [-0.2, -0.15) is 0 Å². The van der Waals surface area contributed by atoms with Crippen molar-refractivity contribution in [2.24, 2.45) is 0 Å². The van der Waals surface area contributed by atoms with Crippen molar-refractivity contribution in [2.45, 2.75) is 10.6 Å². The van der Waals surface area contributed by atoms with Gasteiger partial charge in [0.15, 0.2) is 0 Å². The summed E-state index contributed by atoms with van der Waals surface area (Å²) in [4.78, 5) is 5.42. The van der Waals surface area contributed by atoms with Crippen molar-refractivity contribution in [2.75, 3.05) is 5.73 Å². The molecule has 0 bridgehead atoms. The van der Waals surface area contributed by atoms with Crippen LogP contribution in [0.25, 0.3) is 0 Å². The Bertz CT molecular complexity index is 471. The van der Waals surface area contributed by atoms with E-state index in [9.17, 15) is 0 Å². The number of hydrogen-bond acceptors (Lipinski definition) is 3. The molecule has 2 N–H and O–H groups in total. The maximum absolute atomic E-state index is 5.88. The minimum Gasteiger partial charge on any atom is -0.399 e. The van der Waals surface area contributed by atoms with Gasteiger partial charge in [0.2, 0.25) is 0 Å². The van der Waals surface area contributed by atoms with Crippen molar-refractivity contribution in [3.8, 4) is 0 Å². The van der Waals surface area contributed by atoms with Crippen LogP contribution in [0.2, 0.25) is 5.02 Å². The van der Waals surface area contributed by atoms with Crippen LogP contribution < -0.4 is 5.73 Å². The lowest BCUT2D eigenvalue weighted by molar-refractivity contribution is 1.17. The van der Waals surface area contributed by atoms with Gasteiger partial charge in [0.05, 0.1) is 5.69 Å². The molecule has 0 saturated heterocycles. The molecule has 0 fully saturated rings. The molecule has 0 spiro atoms. The second-order valence-electron chi connectivity index (χ2n) is 3.32. The summed E-state index contributed by atoms with van der Waals surface area (Å²) >= 11 is 7.60. The van der Waals surface area contributed by atoms with Crippen LogP contribution in [0.3, 0.4) is 0 Å². The standard InChI is InChI=1S/C12H11ClN2S/c13-9-5-6-15-11(7-9)8-16-12-3-1-10(14)2-4-12/h1-7H,8,14H2. The van der Waals surface area contributed by atoms with Gasteiger partial charge in [0.25, 0.3) is 0 Å². The fourth-order valence-corrected chi connectivity index (χ4v) is 2.23. The second kappa shape index (κ2) is 5.23. The molecule has 82 valence electrons. The summed E-state index contributed by atoms with van der Waals surface area (Å²) in [6.07, 6.45) is 1.72. The number of anilines is 1. The van der Waals surface area contributed by atoms with Gasteiger partial charge in [-0.05, 0) is 36.4 Å². The van der Waals surface area contributed by atoms with E-state index in [1.165, 1.54) is 4.90 Å². The largest absolute Gasteiger partial charge is 0.399 e. The monoisotopic (exact) mass is 250 g/mol. The van der Waals surface area contributed by atoms with Gasteiger partial charge in [-0.15, -0.1) is 11.8 Å². The summed E-state index contributed by atoms with van der Waals surface area (Å²) in [5.41, 5.74) is 7.38. The highest BCUT2D eigenvalue weighted by Gasteiger charge is 1.98. The second-order valence-corrected chi connectivity index (χ2v) is 4.81. The van der Waals surface area contributed by atoms with Crippen LogP contribution >= 0.6 is 23.4 Å². The van der Waals surface area contributed by atoms with E-state index in [0.717, 1.165) is 22.2 Å². The molecular formula is C12H11ClN2S. The molecular weight excluding hydrogens is 240 g/mol. The van der Waals surface area contributed by atoms with E-state index in [1.807, 2.05) is 30.3 Å². The summed E-state index contributed by atoms with van der Waals surface area (Å²) < 4.78 is 0. The summed E-state index contributed by atoms with van der Waals surface area (Å²) in [7, 11) is 0. The molecule has 16 heavy (non-hydrogen) atoms. The van der Waals surface area contributed by atoms with Gasteiger partial charge in [-0.25, -0.2) is 0 Å². The van der Waals surface area contributed by atoms with Gasteiger partial charge < -0.3 is 5.73 Å². The first kappa shape index (κ1) is 11.3. The fourth-order valence-electron chi connectivity index (χ4n) is 1.25. The number of nitrogens with two attached hydrogens (primary N) is 1. The van der Waals surface area contributed by atoms with Crippen LogP contribution in [0.5, 0.6) is 0 Å². The number of thioether (sulfide) groups is 1. The molecule has 1 aromatic heterocycles. The Morgan fingerprint density at radius 2 is 1.94 bits per heavy atom. The maximum Gasteiger partial charge on any atom is 0.0521 e. The third-order valence-electron chi connectivity index (χ3n) is 2.05. The van der Waals surface area contributed by atoms with E-state index < -0.39 is 0 Å². The molecule has 0 radical (unpaired) electrons. The number of halogens is 1. The van der Waals surface area contributed by atoms with E-state index in [2.05, 4.69) is 4.98 Å². The van der Waals surface area contributed by atoms with Crippen molar-refractivity contribution < 1.29 is 0 Å². The van der Waals surface area contributed by atoms with E-state index in [4.69, 9.17) is 17.3 Å². The lowest BCUT2D eigenvalue weighted by Gasteiger charge is -2.02. The smallest absolute Gasteiger partial charge is 0.0521 e. The number of nitrogen functional groups attached to an aromatic ring is 1. The minimum absolute atomic E-state index is 0.725. The zero-order valence-corrected chi connectivity index (χ0v) is 10.1. The third kappa shape index (κ3) is 3.15. The summed E-state index contributed by atoms with van der Waals surface area (Å²) in [6.45, 7) is 0. The first-order valence-corrected chi connectivity index (χ1v) is 6.19. The number of aromatic nitrogens is 1. The van der Waals surface area contributed by atoms with Crippen LogP contribution in [-0.4, -0.2) is 4.98 Å². The van der Waals surface area contributed by atoms with Gasteiger partial charge in [-0.3, -0.25) is 4.98 Å². The van der Waals surface area contributed by atoms with Crippen molar-refractivity contribution in [1.29, 1.82) is 0 Å². The highest BCUT2D eigenvalue weighted by molar-refractivity contribution is 7.98. The molecule has 0 saturated carbocycles. The average Bonchev–Trinajstić information content (AvgIpc) is 2.28. The quantitative estimate of drug-likeness (QED) is 0.668. The van der Waals surface area contributed by atoms with E-state index in [-0.39, 0.29) is 0 Å². The van der Waals surface area contributed by atoms with Crippen molar-refractivity contribution in [3.63, 3.8) is 0 Å². The predicted molar refractivity (Wildman–Crippen MR) is 69.7 cm³/mol. The average molecular weight is 251 g/mol. The normalized spacial score (nSPS) is 10.3. The Kier molecular flexibility index (Phi) is 3.70. The van der Waals surface area contributed by atoms with Crippen LogP contribution in [-0.2, 0) is 5.75 Å². The molecule has 1 heterocycles. The summed E-state index contributed by atoms with van der Waals surface area (Å²) in [5, 5.41) is 0.725. The molecule has 0 aliphatic rings. The van der Waals surface area contributed by atoms with Gasteiger partial charge in [0, 0.05) is 27.6 Å². The highest BCUT2D eigenvalue weighted by atomic mass is 35.5. The van der Waals surface area contributed by atoms with Crippen molar-refractivity contribution in [1.82, 2.24) is 4.98 Å². The molecule has 4 heteroatoms. The van der Waals surface area contributed by atoms with Crippen LogP contribution in [0.15, 0.2) is 47.5 Å². The Hall–Kier alpha value is -1.19. The predicted octanol–water partition coefficient (Wildman–Crippen LogP) is 3.61. The van der Waals surface area contributed by atoms with E-state index >= 15 is 0 Å². The fraction of sp³-hybridized carbons (Fsp3) is 0.0833. The first-order valence-electron chi connectivity index (χ1n) is 4.83. The van der Waals surface area contributed by atoms with Crippen LogP contribution in [0.4, 0.5) is 5.69 Å². The summed E-state index contributed by atoms with van der Waals surface area (Å²) in [6, 6.07) is 11.5. The van der Waals surface area contributed by atoms with Gasteiger partial charge in [0.1, 0.15) is 0 Å². The molecule has 1 aromatic carbocycles. The van der Waals surface area contributed by atoms with Crippen LogP contribution in [0.1, 0.15) is 5.69 Å². The Balaban J connectivity index is 1.99. The zero-order valence-electron chi connectivity index (χ0n) is 8.56. The van der Waals surface area contributed by atoms with Crippen LogP contribution in [0, 0.1) is 0 Å². The zero-order chi connectivity index (χ0) is 11.4. The lowest BCUT2D eigenvalue weighted by Crippen LogP contribution is -1.86. The molecule has 0 unspecified atom stereocenters. The number of benzene rings is 1. The van der Waals surface area contributed by atoms with E-state index in [1.54, 1.807) is 24.0 Å². The number of hydrogen-bond donors (Lipinski definition) is 1. The van der Waals surface area contributed by atoms with Crippen molar-refractivity contribution in [3.05, 3.63) is 53.3 Å². The van der Waals surface area contributed by atoms with Crippen molar-refractivity contribution >= 4 is 29.1 Å². The first-order chi connectivity index (χ1) is 7.74. The molecule has 0 atom stereocenters. The Morgan fingerprint density at radius 3 is 2.62 bits per heavy atom. The lowest BCUT2D eigenvalue weighted by atomic mass is 10.3. The Morgan fingerprint density at radius 1 is 1.19 bits per heavy atom. The minimum atomic E-state index is 0.725. The summed E-state index contributed by atoms with van der Waals surface area (Å²) in [5.74, 6) is 0.810. The Labute approximate surface area is 104 Å². The van der Waals surface area contributed by atoms with Gasteiger partial charge in [-0.1, -0.05) is 11.6 Å². The number of pyridine rings is 1. The SMILES string of the molecule is Nc1ccc(SCc2cc(Cl)ccn2)cc1. The maximum atomic E-state index is 5.88. The molecule has 0 aliphatic heterocycles. The highest BCUT2D eigenvalue weighted by Crippen LogP contribution is 2.23. The molecule has 0 aliphatic carbocycles. The topological polar surface area (TPSA) is 38.9 Å². The molecule has 2 aromatic rings.